The predicted octanol–water partition coefficient (Wildman–Crippen LogP) is 2.75. The molecule has 0 amide bonds. The first-order valence-corrected chi connectivity index (χ1v) is 5.79. The summed E-state index contributed by atoms with van der Waals surface area (Å²) in [7, 11) is 1.93. The van der Waals surface area contributed by atoms with Crippen LogP contribution in [0.15, 0.2) is 30.3 Å². The zero-order valence-electron chi connectivity index (χ0n) is 7.02. The molecule has 0 atom stereocenters. The molecule has 0 radical (unpaired) electrons. The van der Waals surface area contributed by atoms with Gasteiger partial charge in [-0.15, -0.1) is 0 Å². The third-order valence-corrected chi connectivity index (χ3v) is 3.36. The number of carbonyl (C=O) groups is 2. The Balaban J connectivity index is 2.54. The molecule has 2 nitrogen and oxygen atoms in total. The molecule has 13 heavy (non-hydrogen) atoms. The van der Waals surface area contributed by atoms with Crippen LogP contribution in [0.3, 0.4) is 0 Å². The molecular formula is C9H8O2S2. The summed E-state index contributed by atoms with van der Waals surface area (Å²) in [6.45, 7) is 1.44. The van der Waals surface area contributed by atoms with Crippen LogP contribution in [-0.2, 0) is 4.79 Å². The van der Waals surface area contributed by atoms with Gasteiger partial charge in [0.2, 0.25) is 5.12 Å². The van der Waals surface area contributed by atoms with E-state index in [9.17, 15) is 9.59 Å². The summed E-state index contributed by atoms with van der Waals surface area (Å²) in [6, 6.07) is 8.91. The van der Waals surface area contributed by atoms with Crippen LogP contribution in [0, 0.1) is 0 Å². The molecule has 1 aromatic carbocycles. The number of hydrogen-bond acceptors (Lipinski definition) is 4. The fourth-order valence-electron chi connectivity index (χ4n) is 0.719. The summed E-state index contributed by atoms with van der Waals surface area (Å²) in [5.41, 5.74) is 0.626. The van der Waals surface area contributed by atoms with Crippen LogP contribution >= 0.6 is 21.6 Å². The monoisotopic (exact) mass is 212 g/mol. The summed E-state index contributed by atoms with van der Waals surface area (Å²) in [5.74, 6) is 0. The predicted molar refractivity (Wildman–Crippen MR) is 56.6 cm³/mol. The van der Waals surface area contributed by atoms with E-state index in [4.69, 9.17) is 0 Å². The van der Waals surface area contributed by atoms with Gasteiger partial charge in [0.05, 0.1) is 0 Å². The van der Waals surface area contributed by atoms with Crippen molar-refractivity contribution in [1.82, 2.24) is 0 Å². The van der Waals surface area contributed by atoms with E-state index in [1.807, 2.05) is 6.07 Å². The summed E-state index contributed by atoms with van der Waals surface area (Å²) in [6.07, 6.45) is 0. The lowest BCUT2D eigenvalue weighted by atomic mass is 10.2. The highest BCUT2D eigenvalue weighted by Gasteiger charge is 2.07. The van der Waals surface area contributed by atoms with E-state index in [1.165, 1.54) is 6.92 Å². The molecule has 0 aromatic heterocycles. The van der Waals surface area contributed by atoms with Crippen LogP contribution in [0.4, 0.5) is 0 Å². The van der Waals surface area contributed by atoms with Gasteiger partial charge in [-0.1, -0.05) is 30.3 Å². The average Bonchev–Trinajstić information content (AvgIpc) is 2.15. The highest BCUT2D eigenvalue weighted by molar-refractivity contribution is 8.87. The normalized spacial score (nSPS) is 9.62. The minimum absolute atomic E-state index is 0.0609. The fraction of sp³-hybridized carbons (Fsp3) is 0.111. The van der Waals surface area contributed by atoms with Crippen molar-refractivity contribution >= 4 is 31.8 Å². The van der Waals surface area contributed by atoms with E-state index in [0.29, 0.717) is 5.56 Å². The smallest absolute Gasteiger partial charge is 0.230 e. The molecule has 0 unspecified atom stereocenters. The highest BCUT2D eigenvalue weighted by atomic mass is 33.1. The van der Waals surface area contributed by atoms with Crippen molar-refractivity contribution < 1.29 is 9.59 Å². The van der Waals surface area contributed by atoms with Crippen LogP contribution in [0.25, 0.3) is 0 Å². The van der Waals surface area contributed by atoms with E-state index < -0.39 is 0 Å². The SMILES string of the molecule is CC(=O)SSC(=O)c1ccccc1. The Kier molecular flexibility index (Phi) is 4.05. The Labute approximate surface area is 84.5 Å². The minimum Gasteiger partial charge on any atom is -0.287 e. The van der Waals surface area contributed by atoms with Crippen molar-refractivity contribution in [3.05, 3.63) is 35.9 Å². The maximum Gasteiger partial charge on any atom is 0.230 e. The second-order valence-electron chi connectivity index (χ2n) is 2.31. The lowest BCUT2D eigenvalue weighted by Gasteiger charge is -1.96. The Hall–Kier alpha value is -0.740. The second kappa shape index (κ2) is 5.09. The van der Waals surface area contributed by atoms with Crippen molar-refractivity contribution in [3.8, 4) is 0 Å². The molecule has 1 rings (SSSR count). The maximum absolute atomic E-state index is 11.3. The molecule has 0 N–H and O–H groups in total. The molecule has 0 saturated heterocycles. The molecule has 0 aliphatic heterocycles. The van der Waals surface area contributed by atoms with Gasteiger partial charge in [-0.3, -0.25) is 9.59 Å². The van der Waals surface area contributed by atoms with Gasteiger partial charge in [0.1, 0.15) is 0 Å². The van der Waals surface area contributed by atoms with E-state index in [-0.39, 0.29) is 10.2 Å². The molecule has 68 valence electrons. The molecule has 4 heteroatoms. The largest absolute Gasteiger partial charge is 0.287 e. The Morgan fingerprint density at radius 2 is 1.69 bits per heavy atom. The van der Waals surface area contributed by atoms with Gasteiger partial charge in [-0.25, -0.2) is 0 Å². The van der Waals surface area contributed by atoms with E-state index in [2.05, 4.69) is 0 Å². The van der Waals surface area contributed by atoms with Crippen LogP contribution in [0.2, 0.25) is 0 Å². The Morgan fingerprint density at radius 3 is 2.23 bits per heavy atom. The zero-order chi connectivity index (χ0) is 9.68. The van der Waals surface area contributed by atoms with Crippen molar-refractivity contribution in [2.75, 3.05) is 0 Å². The van der Waals surface area contributed by atoms with E-state index in [0.717, 1.165) is 21.6 Å². The quantitative estimate of drug-likeness (QED) is 0.670. The molecule has 0 spiro atoms. The molecule has 0 aliphatic rings. The summed E-state index contributed by atoms with van der Waals surface area (Å²) >= 11 is 0. The highest BCUT2D eigenvalue weighted by Crippen LogP contribution is 2.25. The van der Waals surface area contributed by atoms with Crippen LogP contribution in [0.5, 0.6) is 0 Å². The maximum atomic E-state index is 11.3. The Morgan fingerprint density at radius 1 is 1.08 bits per heavy atom. The van der Waals surface area contributed by atoms with Gasteiger partial charge in [0.25, 0.3) is 0 Å². The lowest BCUT2D eigenvalue weighted by Crippen LogP contribution is -1.90. The van der Waals surface area contributed by atoms with Gasteiger partial charge in [0, 0.05) is 12.5 Å². The molecule has 1 aromatic rings. The van der Waals surface area contributed by atoms with Crippen molar-refractivity contribution in [2.45, 2.75) is 6.92 Å². The first-order valence-electron chi connectivity index (χ1n) is 3.64. The lowest BCUT2D eigenvalue weighted by molar-refractivity contribution is -0.109. The van der Waals surface area contributed by atoms with Crippen LogP contribution < -0.4 is 0 Å². The van der Waals surface area contributed by atoms with Gasteiger partial charge in [0.15, 0.2) is 5.12 Å². The number of rotatable bonds is 1. The first-order chi connectivity index (χ1) is 6.20. The van der Waals surface area contributed by atoms with Gasteiger partial charge in [-0.05, 0) is 21.6 Å². The second-order valence-corrected chi connectivity index (χ2v) is 4.59. The summed E-state index contributed by atoms with van der Waals surface area (Å²) < 4.78 is 0. The molecule has 0 saturated carbocycles. The third-order valence-electron chi connectivity index (χ3n) is 1.24. The number of benzene rings is 1. The molecule has 0 aliphatic carbocycles. The van der Waals surface area contributed by atoms with E-state index in [1.54, 1.807) is 24.3 Å². The van der Waals surface area contributed by atoms with E-state index >= 15 is 0 Å². The van der Waals surface area contributed by atoms with Crippen LogP contribution in [-0.4, -0.2) is 10.2 Å². The van der Waals surface area contributed by atoms with Crippen molar-refractivity contribution in [2.24, 2.45) is 0 Å². The molecular weight excluding hydrogens is 204 g/mol. The standard InChI is InChI=1S/C9H8O2S2/c1-7(10)12-13-9(11)8-5-3-2-4-6-8/h2-6H,1H3. The molecule has 0 bridgehead atoms. The number of carbonyl (C=O) groups excluding carboxylic acids is 2. The molecule has 0 fully saturated rings. The third kappa shape index (κ3) is 3.65. The first kappa shape index (κ1) is 10.3. The van der Waals surface area contributed by atoms with Gasteiger partial charge >= 0.3 is 0 Å². The van der Waals surface area contributed by atoms with Crippen LogP contribution in [0.1, 0.15) is 17.3 Å². The zero-order valence-corrected chi connectivity index (χ0v) is 8.65. The van der Waals surface area contributed by atoms with Gasteiger partial charge < -0.3 is 0 Å². The number of hydrogen-bond donors (Lipinski definition) is 0. The summed E-state index contributed by atoms with van der Waals surface area (Å²) in [4.78, 5) is 21.9. The summed E-state index contributed by atoms with van der Waals surface area (Å²) in [5, 5.41) is -0.143. The Bertz CT molecular complexity index is 309. The van der Waals surface area contributed by atoms with Gasteiger partial charge in [-0.2, -0.15) is 0 Å². The minimum atomic E-state index is -0.0826. The van der Waals surface area contributed by atoms with Crippen molar-refractivity contribution in [3.63, 3.8) is 0 Å². The molecule has 0 heterocycles. The van der Waals surface area contributed by atoms with Crippen molar-refractivity contribution in [1.29, 1.82) is 0 Å². The topological polar surface area (TPSA) is 34.1 Å². The average molecular weight is 212 g/mol. The fourth-order valence-corrected chi connectivity index (χ4v) is 2.01.